The number of aliphatic hydroxyl groups is 1. The molecule has 0 amide bonds. The van der Waals surface area contributed by atoms with Crippen LogP contribution in [0.1, 0.15) is 45.1 Å². The number of carbonyl (C=O) groups excluding carboxylic acids is 3. The van der Waals surface area contributed by atoms with E-state index < -0.39 is 18.2 Å². The molecule has 0 radical (unpaired) electrons. The van der Waals surface area contributed by atoms with Crippen molar-refractivity contribution < 1.29 is 38.4 Å². The first-order chi connectivity index (χ1) is 15.7. The van der Waals surface area contributed by atoms with Crippen LogP contribution in [0.3, 0.4) is 0 Å². The van der Waals surface area contributed by atoms with E-state index in [1.54, 1.807) is 19.1 Å². The van der Waals surface area contributed by atoms with Crippen LogP contribution in [0, 0.1) is 0 Å². The van der Waals surface area contributed by atoms with Gasteiger partial charge in [-0.2, -0.15) is 0 Å². The Labute approximate surface area is 194 Å². The van der Waals surface area contributed by atoms with Crippen molar-refractivity contribution in [2.24, 2.45) is 0 Å². The number of rotatable bonds is 9. The van der Waals surface area contributed by atoms with E-state index in [0.29, 0.717) is 29.9 Å². The Balaban J connectivity index is 0.000000513. The average molecular weight is 461 g/mol. The maximum Gasteiger partial charge on any atom is 0.336 e. The second kappa shape index (κ2) is 15.6. The highest BCUT2D eigenvalue weighted by Crippen LogP contribution is 2.17. The summed E-state index contributed by atoms with van der Waals surface area (Å²) in [6.07, 6.45) is 6.42. The molecule has 1 atom stereocenters. The molecule has 1 aliphatic rings. The Kier molecular flexibility index (Phi) is 13.1. The van der Waals surface area contributed by atoms with Crippen molar-refractivity contribution in [2.75, 3.05) is 19.8 Å². The number of hydrogen-bond donors (Lipinski definition) is 1. The number of carbonyl (C=O) groups is 3. The van der Waals surface area contributed by atoms with Crippen LogP contribution in [0.15, 0.2) is 54.6 Å². The van der Waals surface area contributed by atoms with Gasteiger partial charge in [-0.25, -0.2) is 9.59 Å². The maximum atomic E-state index is 11.9. The summed E-state index contributed by atoms with van der Waals surface area (Å²) in [5.41, 5.74) is 1.67. The van der Waals surface area contributed by atoms with Crippen molar-refractivity contribution >= 4 is 24.0 Å². The molecule has 0 aromatic heterocycles. The van der Waals surface area contributed by atoms with Gasteiger partial charge in [0, 0.05) is 24.5 Å². The SMILES string of the molecule is C=C(C)C(=O)OCCO.C=C(CC=Cc1ccc(OC(C)=O)cc1)C(=O)OC1CCCCO1. The molecule has 1 aromatic rings. The van der Waals surface area contributed by atoms with Crippen molar-refractivity contribution in [1.82, 2.24) is 0 Å². The van der Waals surface area contributed by atoms with Gasteiger partial charge in [-0.1, -0.05) is 37.4 Å². The van der Waals surface area contributed by atoms with Gasteiger partial charge < -0.3 is 24.1 Å². The summed E-state index contributed by atoms with van der Waals surface area (Å²) in [5.74, 6) is -0.726. The molecule has 0 spiro atoms. The van der Waals surface area contributed by atoms with Gasteiger partial charge in [0.15, 0.2) is 0 Å². The number of ether oxygens (including phenoxy) is 4. The lowest BCUT2D eigenvalue weighted by Gasteiger charge is -2.22. The van der Waals surface area contributed by atoms with Gasteiger partial charge in [0.05, 0.1) is 13.2 Å². The van der Waals surface area contributed by atoms with Crippen LogP contribution in [0.2, 0.25) is 0 Å². The molecule has 1 aromatic carbocycles. The smallest absolute Gasteiger partial charge is 0.336 e. The van der Waals surface area contributed by atoms with Crippen molar-refractivity contribution in [2.45, 2.75) is 45.8 Å². The number of aliphatic hydroxyl groups excluding tert-OH is 1. The van der Waals surface area contributed by atoms with E-state index in [9.17, 15) is 14.4 Å². The summed E-state index contributed by atoms with van der Waals surface area (Å²) < 4.78 is 20.1. The van der Waals surface area contributed by atoms with Crippen LogP contribution in [0.5, 0.6) is 5.75 Å². The Hall–Kier alpha value is -3.23. The van der Waals surface area contributed by atoms with Gasteiger partial charge in [0.25, 0.3) is 0 Å². The molecular formula is C25H32O8. The molecule has 180 valence electrons. The minimum atomic E-state index is -0.455. The van der Waals surface area contributed by atoms with Gasteiger partial charge in [0.1, 0.15) is 12.4 Å². The van der Waals surface area contributed by atoms with Crippen LogP contribution in [0.25, 0.3) is 6.08 Å². The highest BCUT2D eigenvalue weighted by Gasteiger charge is 2.19. The molecule has 1 unspecified atom stereocenters. The number of benzene rings is 1. The molecule has 0 saturated carbocycles. The molecule has 0 aliphatic carbocycles. The van der Waals surface area contributed by atoms with E-state index in [4.69, 9.17) is 19.3 Å². The maximum absolute atomic E-state index is 11.9. The van der Waals surface area contributed by atoms with E-state index >= 15 is 0 Å². The minimum absolute atomic E-state index is 0.0473. The third kappa shape index (κ3) is 12.4. The quantitative estimate of drug-likeness (QED) is 0.337. The van der Waals surface area contributed by atoms with Gasteiger partial charge in [-0.3, -0.25) is 4.79 Å². The van der Waals surface area contributed by atoms with Crippen molar-refractivity contribution in [3.05, 3.63) is 60.2 Å². The zero-order chi connectivity index (χ0) is 24.6. The summed E-state index contributed by atoms with van der Waals surface area (Å²) >= 11 is 0. The lowest BCUT2D eigenvalue weighted by molar-refractivity contribution is -0.182. The summed E-state index contributed by atoms with van der Waals surface area (Å²) in [7, 11) is 0. The Morgan fingerprint density at radius 1 is 1.12 bits per heavy atom. The Morgan fingerprint density at radius 2 is 1.82 bits per heavy atom. The lowest BCUT2D eigenvalue weighted by Crippen LogP contribution is -2.25. The van der Waals surface area contributed by atoms with Gasteiger partial charge >= 0.3 is 17.9 Å². The predicted octanol–water partition coefficient (Wildman–Crippen LogP) is 3.74. The molecule has 1 saturated heterocycles. The molecule has 1 heterocycles. The fraction of sp³-hybridized carbons (Fsp3) is 0.400. The third-order valence-electron chi connectivity index (χ3n) is 4.15. The van der Waals surface area contributed by atoms with Crippen LogP contribution in [0.4, 0.5) is 0 Å². The first kappa shape index (κ1) is 27.8. The van der Waals surface area contributed by atoms with E-state index in [2.05, 4.69) is 17.9 Å². The molecule has 8 heteroatoms. The van der Waals surface area contributed by atoms with Crippen LogP contribution >= 0.6 is 0 Å². The molecule has 1 aliphatic heterocycles. The number of hydrogen-bond acceptors (Lipinski definition) is 8. The fourth-order valence-corrected chi connectivity index (χ4v) is 2.50. The first-order valence-electron chi connectivity index (χ1n) is 10.6. The Bertz CT molecular complexity index is 832. The highest BCUT2D eigenvalue weighted by atomic mass is 16.7. The number of allylic oxidation sites excluding steroid dienone is 1. The summed E-state index contributed by atoms with van der Waals surface area (Å²) in [6, 6.07) is 7.08. The molecule has 33 heavy (non-hydrogen) atoms. The molecule has 8 nitrogen and oxygen atoms in total. The van der Waals surface area contributed by atoms with Crippen molar-refractivity contribution in [1.29, 1.82) is 0 Å². The van der Waals surface area contributed by atoms with Gasteiger partial charge in [-0.05, 0) is 43.9 Å². The van der Waals surface area contributed by atoms with E-state index in [0.717, 1.165) is 24.8 Å². The van der Waals surface area contributed by atoms with Gasteiger partial charge in [-0.15, -0.1) is 0 Å². The third-order valence-corrected chi connectivity index (χ3v) is 4.15. The summed E-state index contributed by atoms with van der Waals surface area (Å²) in [4.78, 5) is 33.2. The molecule has 2 rings (SSSR count). The monoisotopic (exact) mass is 460 g/mol. The van der Waals surface area contributed by atoms with E-state index in [1.807, 2.05) is 24.3 Å². The standard InChI is InChI=1S/C19H22O5.C6H10O3/c1-14(19(21)24-18-8-3-4-13-22-18)6-5-7-16-9-11-17(12-10-16)23-15(2)20;1-5(2)6(8)9-4-3-7/h5,7,9-12,18H,1,3-4,6,8,13H2,2H3;7H,1,3-4H2,2H3. The van der Waals surface area contributed by atoms with E-state index in [-0.39, 0.29) is 19.2 Å². The number of esters is 3. The van der Waals surface area contributed by atoms with E-state index in [1.165, 1.54) is 6.92 Å². The van der Waals surface area contributed by atoms with Crippen LogP contribution in [-0.4, -0.2) is 49.1 Å². The molecular weight excluding hydrogens is 428 g/mol. The topological polar surface area (TPSA) is 108 Å². The largest absolute Gasteiger partial charge is 0.460 e. The van der Waals surface area contributed by atoms with Crippen LogP contribution in [-0.2, 0) is 28.6 Å². The molecule has 1 N–H and O–H groups in total. The Morgan fingerprint density at radius 3 is 2.36 bits per heavy atom. The van der Waals surface area contributed by atoms with Crippen LogP contribution < -0.4 is 4.74 Å². The second-order valence-corrected chi connectivity index (χ2v) is 7.21. The molecule has 0 bridgehead atoms. The first-order valence-corrected chi connectivity index (χ1v) is 10.6. The highest BCUT2D eigenvalue weighted by molar-refractivity contribution is 5.88. The predicted molar refractivity (Wildman–Crippen MR) is 123 cm³/mol. The lowest BCUT2D eigenvalue weighted by atomic mass is 10.1. The molecule has 1 fully saturated rings. The normalized spacial score (nSPS) is 15.1. The summed E-state index contributed by atoms with van der Waals surface area (Å²) in [5, 5.41) is 8.19. The minimum Gasteiger partial charge on any atom is -0.460 e. The zero-order valence-electron chi connectivity index (χ0n) is 19.2. The van der Waals surface area contributed by atoms with Crippen molar-refractivity contribution in [3.63, 3.8) is 0 Å². The van der Waals surface area contributed by atoms with Gasteiger partial charge in [0.2, 0.25) is 6.29 Å². The average Bonchev–Trinajstić information content (AvgIpc) is 2.79. The van der Waals surface area contributed by atoms with Crippen molar-refractivity contribution in [3.8, 4) is 5.75 Å². The summed E-state index contributed by atoms with van der Waals surface area (Å²) in [6.45, 7) is 10.6. The zero-order valence-corrected chi connectivity index (χ0v) is 19.2. The fourth-order valence-electron chi connectivity index (χ4n) is 2.50. The second-order valence-electron chi connectivity index (χ2n) is 7.21.